The summed E-state index contributed by atoms with van der Waals surface area (Å²) in [6, 6.07) is 17.3. The summed E-state index contributed by atoms with van der Waals surface area (Å²) >= 11 is 0. The van der Waals surface area contributed by atoms with E-state index in [1.807, 2.05) is 61.5 Å². The largest absolute Gasteiger partial charge is 0.483 e. The number of amides is 1. The minimum Gasteiger partial charge on any atom is -0.483 e. The number of nitrogens with zero attached hydrogens (tertiary/aromatic N) is 2. The summed E-state index contributed by atoms with van der Waals surface area (Å²) in [6.07, 6.45) is 0.517. The lowest BCUT2D eigenvalue weighted by Crippen LogP contribution is -2.20. The minimum absolute atomic E-state index is 0.0688. The topological polar surface area (TPSA) is 77.2 Å². The van der Waals surface area contributed by atoms with Gasteiger partial charge < -0.3 is 9.15 Å². The molecule has 0 saturated carbocycles. The number of carbonyl (C=O) groups is 1. The molecule has 1 amide bonds. The standard InChI is InChI=1S/C18H17N3O3/c1-13-7-5-6-10-15(13)23-12-16(22)19-18-21-20-17(24-18)11-14-8-3-2-4-9-14/h2-10H,11-12H2,1H3,(H,19,21,22). The number of anilines is 1. The van der Waals surface area contributed by atoms with Gasteiger partial charge in [-0.3, -0.25) is 10.1 Å². The van der Waals surface area contributed by atoms with E-state index in [0.29, 0.717) is 18.1 Å². The van der Waals surface area contributed by atoms with Crippen LogP contribution in [0.4, 0.5) is 6.01 Å². The maximum atomic E-state index is 11.9. The van der Waals surface area contributed by atoms with Crippen molar-refractivity contribution in [1.82, 2.24) is 10.2 Å². The van der Waals surface area contributed by atoms with Crippen LogP contribution in [-0.4, -0.2) is 22.7 Å². The monoisotopic (exact) mass is 323 g/mol. The fraction of sp³-hybridized carbons (Fsp3) is 0.167. The normalized spacial score (nSPS) is 10.4. The van der Waals surface area contributed by atoms with Crippen LogP contribution in [0, 0.1) is 6.92 Å². The summed E-state index contributed by atoms with van der Waals surface area (Å²) < 4.78 is 10.9. The van der Waals surface area contributed by atoms with E-state index in [4.69, 9.17) is 9.15 Å². The zero-order valence-electron chi connectivity index (χ0n) is 13.2. The fourth-order valence-corrected chi connectivity index (χ4v) is 2.16. The Labute approximate surface area is 139 Å². The average molecular weight is 323 g/mol. The maximum absolute atomic E-state index is 11.9. The van der Waals surface area contributed by atoms with E-state index >= 15 is 0 Å². The van der Waals surface area contributed by atoms with Crippen LogP contribution >= 0.6 is 0 Å². The predicted molar refractivity (Wildman–Crippen MR) is 88.8 cm³/mol. The summed E-state index contributed by atoms with van der Waals surface area (Å²) in [6.45, 7) is 1.79. The number of hydrogen-bond acceptors (Lipinski definition) is 5. The highest BCUT2D eigenvalue weighted by Crippen LogP contribution is 2.16. The van der Waals surface area contributed by atoms with Gasteiger partial charge in [-0.25, -0.2) is 0 Å². The second-order valence-corrected chi connectivity index (χ2v) is 5.27. The first kappa shape index (κ1) is 15.7. The third kappa shape index (κ3) is 4.19. The molecule has 2 aromatic carbocycles. The van der Waals surface area contributed by atoms with Crippen LogP contribution < -0.4 is 10.1 Å². The molecule has 6 heteroatoms. The van der Waals surface area contributed by atoms with Crippen LogP contribution in [0.3, 0.4) is 0 Å². The molecule has 3 rings (SSSR count). The lowest BCUT2D eigenvalue weighted by Gasteiger charge is -2.07. The van der Waals surface area contributed by atoms with Gasteiger partial charge in [-0.2, -0.15) is 0 Å². The molecule has 0 saturated heterocycles. The van der Waals surface area contributed by atoms with Crippen molar-refractivity contribution in [1.29, 1.82) is 0 Å². The molecule has 0 aliphatic heterocycles. The van der Waals surface area contributed by atoms with Gasteiger partial charge in [-0.05, 0) is 24.1 Å². The van der Waals surface area contributed by atoms with Gasteiger partial charge in [0.05, 0.1) is 6.42 Å². The third-order valence-electron chi connectivity index (χ3n) is 3.36. The molecule has 0 spiro atoms. The Kier molecular flexibility index (Phi) is 4.86. The highest BCUT2D eigenvalue weighted by molar-refractivity contribution is 5.89. The Bertz CT molecular complexity index is 815. The van der Waals surface area contributed by atoms with Gasteiger partial charge in [0.1, 0.15) is 5.75 Å². The summed E-state index contributed by atoms with van der Waals surface area (Å²) in [5, 5.41) is 10.3. The van der Waals surface area contributed by atoms with Crippen molar-refractivity contribution >= 4 is 11.9 Å². The smallest absolute Gasteiger partial charge is 0.322 e. The van der Waals surface area contributed by atoms with E-state index in [1.54, 1.807) is 0 Å². The lowest BCUT2D eigenvalue weighted by atomic mass is 10.2. The highest BCUT2D eigenvalue weighted by atomic mass is 16.5. The second kappa shape index (κ2) is 7.41. The van der Waals surface area contributed by atoms with Gasteiger partial charge in [0.25, 0.3) is 5.91 Å². The Morgan fingerprint density at radius 1 is 1.08 bits per heavy atom. The number of aryl methyl sites for hydroxylation is 1. The molecule has 0 radical (unpaired) electrons. The van der Waals surface area contributed by atoms with E-state index < -0.39 is 0 Å². The number of aromatic nitrogens is 2. The van der Waals surface area contributed by atoms with Gasteiger partial charge in [0.2, 0.25) is 5.89 Å². The molecule has 24 heavy (non-hydrogen) atoms. The average Bonchev–Trinajstić information content (AvgIpc) is 3.02. The second-order valence-electron chi connectivity index (χ2n) is 5.27. The third-order valence-corrected chi connectivity index (χ3v) is 3.36. The summed E-state index contributed by atoms with van der Waals surface area (Å²) in [5.41, 5.74) is 2.02. The Morgan fingerprint density at radius 2 is 1.83 bits per heavy atom. The van der Waals surface area contributed by atoms with E-state index in [2.05, 4.69) is 15.5 Å². The molecule has 1 aromatic heterocycles. The zero-order chi connectivity index (χ0) is 16.8. The molecular formula is C18H17N3O3. The van der Waals surface area contributed by atoms with Crippen LogP contribution in [0.1, 0.15) is 17.0 Å². The van der Waals surface area contributed by atoms with Crippen molar-refractivity contribution in [2.24, 2.45) is 0 Å². The Hall–Kier alpha value is -3.15. The van der Waals surface area contributed by atoms with Gasteiger partial charge in [0.15, 0.2) is 6.61 Å². The zero-order valence-corrected chi connectivity index (χ0v) is 13.2. The molecule has 0 aliphatic rings. The van der Waals surface area contributed by atoms with E-state index in [0.717, 1.165) is 11.1 Å². The van der Waals surface area contributed by atoms with Crippen molar-refractivity contribution in [3.05, 3.63) is 71.6 Å². The maximum Gasteiger partial charge on any atom is 0.322 e. The molecule has 1 heterocycles. The molecule has 6 nitrogen and oxygen atoms in total. The first-order valence-electron chi connectivity index (χ1n) is 7.55. The summed E-state index contributed by atoms with van der Waals surface area (Å²) in [5.74, 6) is 0.757. The number of ether oxygens (including phenoxy) is 1. The minimum atomic E-state index is -0.354. The molecule has 122 valence electrons. The van der Waals surface area contributed by atoms with Crippen LogP contribution in [0.25, 0.3) is 0 Å². The van der Waals surface area contributed by atoms with Gasteiger partial charge in [-0.1, -0.05) is 53.6 Å². The fourth-order valence-electron chi connectivity index (χ4n) is 2.16. The molecule has 0 unspecified atom stereocenters. The molecule has 3 aromatic rings. The molecular weight excluding hydrogens is 306 g/mol. The first-order chi connectivity index (χ1) is 11.7. The Balaban J connectivity index is 1.53. The number of benzene rings is 2. The lowest BCUT2D eigenvalue weighted by molar-refractivity contribution is -0.118. The molecule has 1 N–H and O–H groups in total. The molecule has 0 fully saturated rings. The quantitative estimate of drug-likeness (QED) is 0.754. The van der Waals surface area contributed by atoms with E-state index in [-0.39, 0.29) is 18.5 Å². The van der Waals surface area contributed by atoms with Gasteiger partial charge in [0, 0.05) is 0 Å². The van der Waals surface area contributed by atoms with Crippen LogP contribution in [0.15, 0.2) is 59.0 Å². The van der Waals surface area contributed by atoms with Crippen molar-refractivity contribution in [3.8, 4) is 5.75 Å². The van der Waals surface area contributed by atoms with Crippen LogP contribution in [-0.2, 0) is 11.2 Å². The highest BCUT2D eigenvalue weighted by Gasteiger charge is 2.11. The van der Waals surface area contributed by atoms with Crippen LogP contribution in [0.2, 0.25) is 0 Å². The van der Waals surface area contributed by atoms with Gasteiger partial charge in [-0.15, -0.1) is 5.10 Å². The van der Waals surface area contributed by atoms with Crippen molar-refractivity contribution in [3.63, 3.8) is 0 Å². The first-order valence-corrected chi connectivity index (χ1v) is 7.55. The van der Waals surface area contributed by atoms with Crippen LogP contribution in [0.5, 0.6) is 5.75 Å². The van der Waals surface area contributed by atoms with E-state index in [9.17, 15) is 4.79 Å². The SMILES string of the molecule is Cc1ccccc1OCC(=O)Nc1nnc(Cc2ccccc2)o1. The molecule has 0 atom stereocenters. The number of carbonyl (C=O) groups excluding carboxylic acids is 1. The van der Waals surface area contributed by atoms with Crippen molar-refractivity contribution in [2.45, 2.75) is 13.3 Å². The molecule has 0 bridgehead atoms. The number of hydrogen-bond donors (Lipinski definition) is 1. The number of para-hydroxylation sites is 1. The van der Waals surface area contributed by atoms with Gasteiger partial charge >= 0.3 is 6.01 Å². The van der Waals surface area contributed by atoms with E-state index in [1.165, 1.54) is 0 Å². The summed E-state index contributed by atoms with van der Waals surface area (Å²) in [4.78, 5) is 11.9. The summed E-state index contributed by atoms with van der Waals surface area (Å²) in [7, 11) is 0. The number of nitrogens with one attached hydrogen (secondary N) is 1. The van der Waals surface area contributed by atoms with Crippen molar-refractivity contribution < 1.29 is 13.9 Å². The molecule has 0 aliphatic carbocycles. The van der Waals surface area contributed by atoms with Crippen molar-refractivity contribution in [2.75, 3.05) is 11.9 Å². The number of rotatable bonds is 6. The predicted octanol–water partition coefficient (Wildman–Crippen LogP) is 2.99. The Morgan fingerprint density at radius 3 is 2.62 bits per heavy atom.